The van der Waals surface area contributed by atoms with E-state index < -0.39 is 7.14 Å². The first-order chi connectivity index (χ1) is 3.41. The molecule has 0 saturated carbocycles. The van der Waals surface area contributed by atoms with Crippen LogP contribution in [0.15, 0.2) is 0 Å². The summed E-state index contributed by atoms with van der Waals surface area (Å²) in [5.74, 6) is 0. The van der Waals surface area contributed by atoms with E-state index in [1.165, 1.54) is 0 Å². The van der Waals surface area contributed by atoms with Gasteiger partial charge in [-0.15, -0.1) is 0 Å². The van der Waals surface area contributed by atoms with Crippen LogP contribution in [-0.4, -0.2) is 20.0 Å². The Kier molecular flexibility index (Phi) is 9.71. The van der Waals surface area contributed by atoms with Gasteiger partial charge < -0.3 is 4.57 Å². The van der Waals surface area contributed by atoms with Crippen molar-refractivity contribution < 1.29 is 17.7 Å². The summed E-state index contributed by atoms with van der Waals surface area (Å²) in [6.45, 7) is 5.23. The van der Waals surface area contributed by atoms with E-state index in [1.54, 1.807) is 20.0 Å². The molecule has 0 aliphatic carbocycles. The fraction of sp³-hybridized carbons (Fsp3) is 1.00. The van der Waals surface area contributed by atoms with E-state index in [0.717, 1.165) is 13.1 Å². The van der Waals surface area contributed by atoms with Gasteiger partial charge in [0.1, 0.15) is 0 Å². The van der Waals surface area contributed by atoms with E-state index in [0.29, 0.717) is 0 Å². The fourth-order valence-corrected chi connectivity index (χ4v) is 0. The first-order valence-corrected chi connectivity index (χ1v) is 7.39. The molecule has 0 spiro atoms. The van der Waals surface area contributed by atoms with Gasteiger partial charge in [0.25, 0.3) is 0 Å². The Bertz CT molecular complexity index is 73.1. The maximum absolute atomic E-state index is 10.2. The van der Waals surface area contributed by atoms with Gasteiger partial charge in [-0.2, -0.15) is 0 Å². The molecule has 0 saturated heterocycles. The van der Waals surface area contributed by atoms with Crippen LogP contribution in [0.2, 0.25) is 0 Å². The van der Waals surface area contributed by atoms with Crippen LogP contribution in [0, 0.1) is 0 Å². The van der Waals surface area contributed by atoms with Crippen LogP contribution >= 0.6 is 27.3 Å². The number of hydrogen-bond donors (Lipinski definition) is 0. The van der Waals surface area contributed by atoms with Gasteiger partial charge in [0.2, 0.25) is 0 Å². The molecule has 1 nitrogen and oxygen atoms in total. The molecule has 8 heavy (non-hydrogen) atoms. The van der Waals surface area contributed by atoms with Crippen LogP contribution in [0.25, 0.3) is 0 Å². The van der Waals surface area contributed by atoms with E-state index in [2.05, 4.69) is 20.2 Å². The zero-order valence-electron chi connectivity index (χ0n) is 4.91. The van der Waals surface area contributed by atoms with E-state index in [9.17, 15) is 4.57 Å². The zero-order valence-corrected chi connectivity index (χ0v) is 8.26. The molecule has 0 aromatic carbocycles. The third kappa shape index (κ3) is 166. The Labute approximate surface area is 65.1 Å². The normalized spacial score (nSPS) is 10.1. The Morgan fingerprint density at radius 1 is 1.25 bits per heavy atom. The summed E-state index contributed by atoms with van der Waals surface area (Å²) >= 11 is 0.757. The van der Waals surface area contributed by atoms with Crippen molar-refractivity contribution in [2.45, 2.75) is 0 Å². The Morgan fingerprint density at radius 3 is 1.25 bits per heavy atom. The quantitative estimate of drug-likeness (QED) is 0.458. The second-order valence-electron chi connectivity index (χ2n) is 1.93. The van der Waals surface area contributed by atoms with E-state index in [1.807, 2.05) is 0 Å². The summed E-state index contributed by atoms with van der Waals surface area (Å²) in [6.07, 6.45) is 0. The molecular weight excluding hydrogens is 217 g/mol. The van der Waals surface area contributed by atoms with E-state index >= 15 is 0 Å². The molecule has 0 N–H and O–H groups in total. The molecule has 0 atom stereocenters. The van der Waals surface area contributed by atoms with Gasteiger partial charge in [-0.3, -0.25) is 0 Å². The monoisotopic (exact) mass is 225 g/mol. The van der Waals surface area contributed by atoms with Crippen molar-refractivity contribution in [3.63, 3.8) is 0 Å². The average Bonchev–Trinajstić information content (AvgIpc) is 1.27. The summed E-state index contributed by atoms with van der Waals surface area (Å²) in [5, 5.41) is 0. The van der Waals surface area contributed by atoms with E-state index in [4.69, 9.17) is 0 Å². The van der Waals surface area contributed by atoms with Crippen molar-refractivity contribution in [3.8, 4) is 0 Å². The van der Waals surface area contributed by atoms with Gasteiger partial charge in [-0.05, 0) is 20.0 Å². The molecule has 0 aliphatic rings. The van der Waals surface area contributed by atoms with Crippen molar-refractivity contribution >= 4 is 27.3 Å². The second kappa shape index (κ2) is 6.45. The summed E-state index contributed by atoms with van der Waals surface area (Å²) in [4.78, 5) is 0. The molecule has 5 heteroatoms. The predicted molar refractivity (Wildman–Crippen MR) is 37.1 cm³/mol. The molecule has 0 fully saturated rings. The van der Waals surface area contributed by atoms with Gasteiger partial charge in [-0.25, -0.2) is 0 Å². The molecule has 0 heterocycles. The molecule has 0 amide bonds. The van der Waals surface area contributed by atoms with Crippen LogP contribution in [0.1, 0.15) is 0 Å². The summed E-state index contributed by atoms with van der Waals surface area (Å²) in [5.41, 5.74) is 0. The molecule has 0 radical (unpaired) electrons. The predicted octanol–water partition coefficient (Wildman–Crippen LogP) is 2.62. The average molecular weight is 227 g/mol. The Hall–Kier alpha value is 1.33. The van der Waals surface area contributed by atoms with Crippen molar-refractivity contribution in [3.05, 3.63) is 0 Å². The molecule has 0 aromatic rings. The van der Waals surface area contributed by atoms with Gasteiger partial charge >= 0.3 is 33.3 Å². The molecular formula is C3H9Cl2CuOP. The van der Waals surface area contributed by atoms with Gasteiger partial charge in [-0.1, -0.05) is 0 Å². The first-order valence-electron chi connectivity index (χ1n) is 1.75. The van der Waals surface area contributed by atoms with Gasteiger partial charge in [0.05, 0.1) is 7.14 Å². The Morgan fingerprint density at radius 2 is 1.25 bits per heavy atom. The SMILES string of the molecule is CP(C)(C)=O.[Cl][Cu][Cl]. The van der Waals surface area contributed by atoms with Crippen molar-refractivity contribution in [1.82, 2.24) is 0 Å². The molecule has 0 unspecified atom stereocenters. The molecule has 0 bridgehead atoms. The molecule has 0 aliphatic heterocycles. The summed E-state index contributed by atoms with van der Waals surface area (Å²) in [6, 6.07) is 0. The van der Waals surface area contributed by atoms with Crippen LogP contribution in [0.4, 0.5) is 0 Å². The standard InChI is InChI=1S/C3H9OP.2ClH.Cu/c1-5(2,3)4;;;/h1-3H3;2*1H;/q;;;+2/p-2. The summed E-state index contributed by atoms with van der Waals surface area (Å²) in [7, 11) is 7.70. The topological polar surface area (TPSA) is 17.1 Å². The van der Waals surface area contributed by atoms with Crippen LogP contribution in [0.5, 0.6) is 0 Å². The maximum atomic E-state index is 10.2. The van der Waals surface area contributed by atoms with E-state index in [-0.39, 0.29) is 0 Å². The third-order valence-corrected chi connectivity index (χ3v) is 0. The first kappa shape index (κ1) is 12.0. The number of halogens is 2. The minimum absolute atomic E-state index is 0.757. The number of rotatable bonds is 0. The van der Waals surface area contributed by atoms with Crippen LogP contribution in [0.3, 0.4) is 0 Å². The molecule has 0 aromatic heterocycles. The second-order valence-corrected chi connectivity index (χ2v) is 7.27. The molecule has 0 rings (SSSR count). The van der Waals surface area contributed by atoms with Gasteiger partial charge in [0.15, 0.2) is 0 Å². The van der Waals surface area contributed by atoms with Crippen LogP contribution in [-0.2, 0) is 17.7 Å². The summed E-state index contributed by atoms with van der Waals surface area (Å²) < 4.78 is 10.2. The number of hydrogen-bond acceptors (Lipinski definition) is 1. The van der Waals surface area contributed by atoms with Crippen molar-refractivity contribution in [2.24, 2.45) is 0 Å². The van der Waals surface area contributed by atoms with Crippen molar-refractivity contribution in [2.75, 3.05) is 20.0 Å². The third-order valence-electron chi connectivity index (χ3n) is 0. The van der Waals surface area contributed by atoms with Gasteiger partial charge in [0, 0.05) is 0 Å². The Balaban J connectivity index is 0. The molecule has 57 valence electrons. The zero-order chi connectivity index (χ0) is 7.21. The minimum atomic E-state index is -1.64. The van der Waals surface area contributed by atoms with Crippen molar-refractivity contribution in [1.29, 1.82) is 0 Å². The van der Waals surface area contributed by atoms with Crippen LogP contribution < -0.4 is 0 Å². The fourth-order valence-electron chi connectivity index (χ4n) is 0.